The smallest absolute Gasteiger partial charge is 0.434 e. The third-order valence-electron chi connectivity index (χ3n) is 5.83. The van der Waals surface area contributed by atoms with E-state index in [0.717, 1.165) is 11.1 Å². The standard InChI is InChI=1S/C31H28F3N3O5/c1-31(2,3)42-30(39)37(21-8-6-14-35-17-21)36-28-20(7-5-9-23(28)29(38)40-4)18-41-22-12-10-19(11-13-22)24-15-26(33)27(34)16-25(24)32/h5-17,36H,18H2,1-4H3. The molecule has 1 heterocycles. The number of rotatable bonds is 8. The number of nitrogens with zero attached hydrogens (tertiary/aromatic N) is 2. The number of carbonyl (C=O) groups is 2. The lowest BCUT2D eigenvalue weighted by atomic mass is 10.0. The van der Waals surface area contributed by atoms with E-state index in [2.05, 4.69) is 10.4 Å². The molecule has 4 aromatic rings. The summed E-state index contributed by atoms with van der Waals surface area (Å²) in [7, 11) is 1.24. The van der Waals surface area contributed by atoms with Crippen molar-refractivity contribution in [3.8, 4) is 16.9 Å². The van der Waals surface area contributed by atoms with Crippen molar-refractivity contribution in [3.05, 3.63) is 108 Å². The van der Waals surface area contributed by atoms with Crippen molar-refractivity contribution in [3.63, 3.8) is 0 Å². The Bertz CT molecular complexity index is 1580. The Balaban J connectivity index is 1.64. The molecule has 0 unspecified atom stereocenters. The molecule has 0 spiro atoms. The second kappa shape index (κ2) is 12.6. The average Bonchev–Trinajstić information content (AvgIpc) is 2.96. The van der Waals surface area contributed by atoms with Crippen LogP contribution in [0.4, 0.5) is 29.3 Å². The Kier molecular flexibility index (Phi) is 8.99. The van der Waals surface area contributed by atoms with Gasteiger partial charge in [-0.25, -0.2) is 22.8 Å². The molecule has 1 amide bonds. The zero-order valence-corrected chi connectivity index (χ0v) is 23.3. The number of ether oxygens (including phenoxy) is 3. The van der Waals surface area contributed by atoms with Gasteiger partial charge in [0.2, 0.25) is 0 Å². The predicted molar refractivity (Wildman–Crippen MR) is 150 cm³/mol. The summed E-state index contributed by atoms with van der Waals surface area (Å²) in [5, 5.41) is 1.12. The maximum absolute atomic E-state index is 14.2. The molecule has 42 heavy (non-hydrogen) atoms. The fourth-order valence-corrected chi connectivity index (χ4v) is 3.89. The average molecular weight is 580 g/mol. The van der Waals surface area contributed by atoms with Gasteiger partial charge in [0.1, 0.15) is 23.8 Å². The summed E-state index contributed by atoms with van der Waals surface area (Å²) in [6, 6.07) is 15.5. The lowest BCUT2D eigenvalue weighted by molar-refractivity contribution is 0.0578. The minimum absolute atomic E-state index is 0.0682. The molecule has 1 aromatic heterocycles. The van der Waals surface area contributed by atoms with E-state index in [9.17, 15) is 22.8 Å². The zero-order chi connectivity index (χ0) is 30.4. The Labute approximate surface area is 240 Å². The largest absolute Gasteiger partial charge is 0.489 e. The molecule has 0 aliphatic carbocycles. The second-order valence-electron chi connectivity index (χ2n) is 10.0. The van der Waals surface area contributed by atoms with Gasteiger partial charge < -0.3 is 14.2 Å². The molecule has 0 atom stereocenters. The van der Waals surface area contributed by atoms with E-state index in [4.69, 9.17) is 14.2 Å². The lowest BCUT2D eigenvalue weighted by Gasteiger charge is -2.29. The van der Waals surface area contributed by atoms with Gasteiger partial charge in [-0.1, -0.05) is 24.3 Å². The van der Waals surface area contributed by atoms with Gasteiger partial charge in [0.05, 0.1) is 30.2 Å². The Morgan fingerprint density at radius 2 is 1.64 bits per heavy atom. The molecule has 3 aromatic carbocycles. The third kappa shape index (κ3) is 7.17. The topological polar surface area (TPSA) is 90.0 Å². The highest BCUT2D eigenvalue weighted by atomic mass is 19.2. The number of amides is 1. The van der Waals surface area contributed by atoms with Crippen molar-refractivity contribution in [1.29, 1.82) is 0 Å². The summed E-state index contributed by atoms with van der Waals surface area (Å²) in [5.41, 5.74) is 3.55. The second-order valence-corrected chi connectivity index (χ2v) is 10.0. The summed E-state index contributed by atoms with van der Waals surface area (Å²) >= 11 is 0. The monoisotopic (exact) mass is 579 g/mol. The number of nitrogens with one attached hydrogen (secondary N) is 1. The van der Waals surface area contributed by atoms with Crippen LogP contribution in [-0.2, 0) is 16.1 Å². The molecular weight excluding hydrogens is 551 g/mol. The number of hydrogen-bond donors (Lipinski definition) is 1. The Morgan fingerprint density at radius 3 is 2.29 bits per heavy atom. The number of halogens is 3. The molecular formula is C31H28F3N3O5. The van der Waals surface area contributed by atoms with Crippen LogP contribution in [-0.4, -0.2) is 29.8 Å². The number of pyridine rings is 1. The number of carbonyl (C=O) groups excluding carboxylic acids is 2. The molecule has 4 rings (SSSR count). The molecule has 0 saturated heterocycles. The number of hydrazine groups is 1. The van der Waals surface area contributed by atoms with Crippen molar-refractivity contribution >= 4 is 23.4 Å². The number of benzene rings is 3. The van der Waals surface area contributed by atoms with Crippen molar-refractivity contribution in [2.75, 3.05) is 17.5 Å². The molecule has 11 heteroatoms. The molecule has 0 radical (unpaired) electrons. The number of anilines is 2. The van der Waals surface area contributed by atoms with Crippen LogP contribution >= 0.6 is 0 Å². The van der Waals surface area contributed by atoms with E-state index < -0.39 is 35.1 Å². The molecule has 0 aliphatic heterocycles. The number of esters is 1. The van der Waals surface area contributed by atoms with Crippen LogP contribution in [0.3, 0.4) is 0 Å². The Hall–Kier alpha value is -5.06. The molecule has 1 N–H and O–H groups in total. The van der Waals surface area contributed by atoms with Gasteiger partial charge >= 0.3 is 12.1 Å². The van der Waals surface area contributed by atoms with Crippen LogP contribution in [0.15, 0.2) is 79.1 Å². The van der Waals surface area contributed by atoms with Crippen molar-refractivity contribution in [1.82, 2.24) is 4.98 Å². The highest BCUT2D eigenvalue weighted by Gasteiger charge is 2.27. The maximum Gasteiger partial charge on any atom is 0.434 e. The van der Waals surface area contributed by atoms with E-state index in [1.807, 2.05) is 0 Å². The van der Waals surface area contributed by atoms with Crippen LogP contribution in [0.2, 0.25) is 0 Å². The molecule has 0 bridgehead atoms. The predicted octanol–water partition coefficient (Wildman–Crippen LogP) is 7.30. The van der Waals surface area contributed by atoms with Crippen LogP contribution in [0, 0.1) is 17.5 Å². The van der Waals surface area contributed by atoms with Crippen molar-refractivity contribution in [2.24, 2.45) is 0 Å². The van der Waals surface area contributed by atoms with Gasteiger partial charge in [-0.3, -0.25) is 10.4 Å². The van der Waals surface area contributed by atoms with E-state index in [1.54, 1.807) is 51.2 Å². The van der Waals surface area contributed by atoms with Gasteiger partial charge in [0.15, 0.2) is 11.6 Å². The minimum Gasteiger partial charge on any atom is -0.489 e. The van der Waals surface area contributed by atoms with Gasteiger partial charge in [0, 0.05) is 23.4 Å². The van der Waals surface area contributed by atoms with Crippen LogP contribution in [0.1, 0.15) is 36.7 Å². The summed E-state index contributed by atoms with van der Waals surface area (Å²) in [6.07, 6.45) is 2.25. The lowest BCUT2D eigenvalue weighted by Crippen LogP contribution is -2.41. The van der Waals surface area contributed by atoms with Crippen LogP contribution < -0.4 is 15.2 Å². The first-order valence-corrected chi connectivity index (χ1v) is 12.7. The summed E-state index contributed by atoms with van der Waals surface area (Å²) in [6.45, 7) is 5.10. The molecule has 8 nitrogen and oxygen atoms in total. The Morgan fingerprint density at radius 1 is 0.929 bits per heavy atom. The van der Waals surface area contributed by atoms with Gasteiger partial charge in [-0.15, -0.1) is 0 Å². The first kappa shape index (κ1) is 29.9. The molecule has 218 valence electrons. The van der Waals surface area contributed by atoms with Crippen molar-refractivity contribution < 1.29 is 37.0 Å². The normalized spacial score (nSPS) is 11.0. The SMILES string of the molecule is COC(=O)c1cccc(COc2ccc(-c3cc(F)c(F)cc3F)cc2)c1NN(C(=O)OC(C)(C)C)c1cccnc1. The fraction of sp³-hybridized carbons (Fsp3) is 0.194. The first-order valence-electron chi connectivity index (χ1n) is 12.7. The van der Waals surface area contributed by atoms with Gasteiger partial charge in [-0.2, -0.15) is 5.01 Å². The minimum atomic E-state index is -1.27. The first-order chi connectivity index (χ1) is 20.0. The van der Waals surface area contributed by atoms with Gasteiger partial charge in [-0.05, 0) is 62.7 Å². The van der Waals surface area contributed by atoms with E-state index >= 15 is 0 Å². The van der Waals surface area contributed by atoms with Crippen LogP contribution in [0.25, 0.3) is 11.1 Å². The van der Waals surface area contributed by atoms with E-state index in [1.165, 1.54) is 43.6 Å². The maximum atomic E-state index is 14.2. The van der Waals surface area contributed by atoms with E-state index in [0.29, 0.717) is 28.6 Å². The zero-order valence-electron chi connectivity index (χ0n) is 23.3. The number of hydrogen-bond acceptors (Lipinski definition) is 7. The quantitative estimate of drug-likeness (QED) is 0.133. The number of methoxy groups -OCH3 is 1. The summed E-state index contributed by atoms with van der Waals surface area (Å²) in [4.78, 5) is 30.0. The third-order valence-corrected chi connectivity index (χ3v) is 5.83. The number of aromatic nitrogens is 1. The molecule has 0 fully saturated rings. The molecule has 0 aliphatic rings. The molecule has 0 saturated carbocycles. The summed E-state index contributed by atoms with van der Waals surface area (Å²) < 4.78 is 57.7. The van der Waals surface area contributed by atoms with Gasteiger partial charge in [0.25, 0.3) is 0 Å². The summed E-state index contributed by atoms with van der Waals surface area (Å²) in [5.74, 6) is -3.63. The van der Waals surface area contributed by atoms with Crippen molar-refractivity contribution in [2.45, 2.75) is 33.0 Å². The highest BCUT2D eigenvalue weighted by Crippen LogP contribution is 2.30. The van der Waals surface area contributed by atoms with Crippen LogP contribution in [0.5, 0.6) is 5.75 Å². The number of para-hydroxylation sites is 1. The highest BCUT2D eigenvalue weighted by molar-refractivity contribution is 5.99. The van der Waals surface area contributed by atoms with E-state index in [-0.39, 0.29) is 23.4 Å². The fourth-order valence-electron chi connectivity index (χ4n) is 3.89.